The molecular formula is C17H27IN6OS. The zero-order valence-electron chi connectivity index (χ0n) is 15.0. The number of nitrogens with zero attached hydrogens (tertiary/aromatic N) is 3. The number of carbonyl (C=O) groups excluding carboxylic acids is 1. The van der Waals surface area contributed by atoms with E-state index < -0.39 is 0 Å². The van der Waals surface area contributed by atoms with Crippen molar-refractivity contribution in [3.05, 3.63) is 40.8 Å². The first-order valence-corrected chi connectivity index (χ1v) is 9.49. The monoisotopic (exact) mass is 490 g/mol. The molecule has 0 aliphatic rings. The summed E-state index contributed by atoms with van der Waals surface area (Å²) in [6, 6.07) is 5.64. The minimum atomic E-state index is -0.00537. The van der Waals surface area contributed by atoms with Gasteiger partial charge in [0.1, 0.15) is 0 Å². The summed E-state index contributed by atoms with van der Waals surface area (Å²) in [6.45, 7) is 5.87. The number of carbonyl (C=O) groups is 1. The SMILES string of the molecule is CCNC(=NCCCn1cccn1)NCCCNC(=O)c1cccs1.I. The number of halogens is 1. The summed E-state index contributed by atoms with van der Waals surface area (Å²) in [6.07, 6.45) is 5.52. The lowest BCUT2D eigenvalue weighted by atomic mass is 10.4. The molecule has 0 saturated carbocycles. The van der Waals surface area contributed by atoms with Crippen LogP contribution >= 0.6 is 35.3 Å². The summed E-state index contributed by atoms with van der Waals surface area (Å²) in [5, 5.41) is 15.5. The van der Waals surface area contributed by atoms with Crippen LogP contribution in [0.25, 0.3) is 0 Å². The molecule has 0 aliphatic carbocycles. The van der Waals surface area contributed by atoms with Gasteiger partial charge < -0.3 is 16.0 Å². The summed E-state index contributed by atoms with van der Waals surface area (Å²) in [4.78, 5) is 17.1. The van der Waals surface area contributed by atoms with Crippen LogP contribution < -0.4 is 16.0 Å². The van der Waals surface area contributed by atoms with Crippen LogP contribution in [0, 0.1) is 0 Å². The van der Waals surface area contributed by atoms with Gasteiger partial charge in [-0.2, -0.15) is 5.10 Å². The highest BCUT2D eigenvalue weighted by molar-refractivity contribution is 14.0. The number of guanidine groups is 1. The molecule has 0 saturated heterocycles. The topological polar surface area (TPSA) is 83.3 Å². The average molecular weight is 490 g/mol. The molecule has 2 aromatic heterocycles. The lowest BCUT2D eigenvalue weighted by Gasteiger charge is -2.11. The van der Waals surface area contributed by atoms with Crippen LogP contribution in [0.5, 0.6) is 0 Å². The van der Waals surface area contributed by atoms with E-state index in [1.54, 1.807) is 6.20 Å². The molecule has 2 heterocycles. The van der Waals surface area contributed by atoms with E-state index in [2.05, 4.69) is 26.0 Å². The van der Waals surface area contributed by atoms with Gasteiger partial charge in [0.15, 0.2) is 5.96 Å². The number of aliphatic imine (C=N–C) groups is 1. The summed E-state index contributed by atoms with van der Waals surface area (Å²) < 4.78 is 1.91. The van der Waals surface area contributed by atoms with E-state index in [-0.39, 0.29) is 29.9 Å². The molecule has 0 aliphatic heterocycles. The number of nitrogens with one attached hydrogen (secondary N) is 3. The van der Waals surface area contributed by atoms with Crippen LogP contribution in [-0.4, -0.2) is 47.8 Å². The molecule has 0 fully saturated rings. The summed E-state index contributed by atoms with van der Waals surface area (Å²) >= 11 is 1.45. The fourth-order valence-corrected chi connectivity index (χ4v) is 2.83. The van der Waals surface area contributed by atoms with Crippen molar-refractivity contribution >= 4 is 47.2 Å². The first-order chi connectivity index (χ1) is 12.3. The van der Waals surface area contributed by atoms with Gasteiger partial charge in [0, 0.05) is 45.1 Å². The van der Waals surface area contributed by atoms with Crippen LogP contribution in [-0.2, 0) is 6.54 Å². The van der Waals surface area contributed by atoms with Crippen molar-refractivity contribution in [1.82, 2.24) is 25.7 Å². The van der Waals surface area contributed by atoms with Crippen LogP contribution in [0.4, 0.5) is 0 Å². The molecule has 2 rings (SSSR count). The molecule has 3 N–H and O–H groups in total. The highest BCUT2D eigenvalue weighted by atomic mass is 127. The van der Waals surface area contributed by atoms with Gasteiger partial charge in [-0.05, 0) is 37.3 Å². The average Bonchev–Trinajstić information content (AvgIpc) is 3.31. The number of hydrogen-bond donors (Lipinski definition) is 3. The van der Waals surface area contributed by atoms with E-state index in [1.807, 2.05) is 41.4 Å². The summed E-state index contributed by atoms with van der Waals surface area (Å²) in [5.41, 5.74) is 0. The standard InChI is InChI=1S/C17H26N6OS.HI/c1-2-18-17(21-10-5-12-23-13-6-11-22-23)20-9-4-8-19-16(24)15-7-3-14-25-15;/h3,6-7,11,13-14H,2,4-5,8-10,12H2,1H3,(H,19,24)(H2,18,20,21);1H. The van der Waals surface area contributed by atoms with Crippen LogP contribution in [0.15, 0.2) is 41.0 Å². The van der Waals surface area contributed by atoms with Crippen molar-refractivity contribution in [1.29, 1.82) is 0 Å². The van der Waals surface area contributed by atoms with E-state index in [1.165, 1.54) is 11.3 Å². The van der Waals surface area contributed by atoms with Crippen LogP contribution in [0.2, 0.25) is 0 Å². The second-order valence-electron chi connectivity index (χ2n) is 5.40. The number of aromatic nitrogens is 2. The molecule has 0 bridgehead atoms. The molecule has 0 unspecified atom stereocenters. The van der Waals surface area contributed by atoms with Crippen LogP contribution in [0.3, 0.4) is 0 Å². The number of rotatable bonds is 10. The van der Waals surface area contributed by atoms with Gasteiger partial charge in [-0.15, -0.1) is 35.3 Å². The highest BCUT2D eigenvalue weighted by Gasteiger charge is 2.04. The Morgan fingerprint density at radius 1 is 1.23 bits per heavy atom. The van der Waals surface area contributed by atoms with Gasteiger partial charge in [0.05, 0.1) is 4.88 Å². The number of hydrogen-bond acceptors (Lipinski definition) is 4. The lowest BCUT2D eigenvalue weighted by molar-refractivity contribution is 0.0957. The van der Waals surface area contributed by atoms with Gasteiger partial charge in [0.25, 0.3) is 5.91 Å². The van der Waals surface area contributed by atoms with E-state index in [9.17, 15) is 4.79 Å². The molecule has 144 valence electrons. The third-order valence-corrected chi connectivity index (χ3v) is 4.26. The quantitative estimate of drug-likeness (QED) is 0.207. The second-order valence-corrected chi connectivity index (χ2v) is 6.34. The molecule has 0 aromatic carbocycles. The van der Waals surface area contributed by atoms with Crippen molar-refractivity contribution in [2.45, 2.75) is 26.3 Å². The van der Waals surface area contributed by atoms with Gasteiger partial charge >= 0.3 is 0 Å². The maximum atomic E-state index is 11.8. The number of amides is 1. The predicted octanol–water partition coefficient (Wildman–Crippen LogP) is 2.33. The zero-order chi connectivity index (χ0) is 17.7. The van der Waals surface area contributed by atoms with Crippen molar-refractivity contribution in [3.8, 4) is 0 Å². The maximum Gasteiger partial charge on any atom is 0.261 e. The molecule has 0 atom stereocenters. The van der Waals surface area contributed by atoms with E-state index >= 15 is 0 Å². The van der Waals surface area contributed by atoms with Crippen molar-refractivity contribution in [2.24, 2.45) is 4.99 Å². The Morgan fingerprint density at radius 2 is 2.08 bits per heavy atom. The smallest absolute Gasteiger partial charge is 0.261 e. The van der Waals surface area contributed by atoms with E-state index in [4.69, 9.17) is 0 Å². The van der Waals surface area contributed by atoms with Crippen molar-refractivity contribution < 1.29 is 4.79 Å². The Balaban J connectivity index is 0.00000338. The molecule has 9 heteroatoms. The number of thiophene rings is 1. The Labute approximate surface area is 175 Å². The molecule has 7 nitrogen and oxygen atoms in total. The first-order valence-electron chi connectivity index (χ1n) is 8.61. The zero-order valence-corrected chi connectivity index (χ0v) is 18.1. The van der Waals surface area contributed by atoms with Crippen molar-refractivity contribution in [3.63, 3.8) is 0 Å². The fourth-order valence-electron chi connectivity index (χ4n) is 2.19. The third kappa shape index (κ3) is 8.65. The first kappa shape index (κ1) is 22.4. The van der Waals surface area contributed by atoms with E-state index in [0.29, 0.717) is 6.54 Å². The molecule has 1 amide bonds. The van der Waals surface area contributed by atoms with E-state index in [0.717, 1.165) is 49.9 Å². The predicted molar refractivity (Wildman–Crippen MR) is 118 cm³/mol. The Bertz CT molecular complexity index is 630. The molecular weight excluding hydrogens is 463 g/mol. The molecule has 0 spiro atoms. The minimum Gasteiger partial charge on any atom is -0.357 e. The summed E-state index contributed by atoms with van der Waals surface area (Å²) in [7, 11) is 0. The van der Waals surface area contributed by atoms with Gasteiger partial charge in [0.2, 0.25) is 0 Å². The second kappa shape index (κ2) is 13.6. The maximum absolute atomic E-state index is 11.8. The Morgan fingerprint density at radius 3 is 2.77 bits per heavy atom. The van der Waals surface area contributed by atoms with Gasteiger partial charge in [-0.3, -0.25) is 14.5 Å². The Kier molecular flexibility index (Phi) is 11.7. The number of aryl methyl sites for hydroxylation is 1. The van der Waals surface area contributed by atoms with Gasteiger partial charge in [-0.25, -0.2) is 0 Å². The largest absolute Gasteiger partial charge is 0.357 e. The van der Waals surface area contributed by atoms with Gasteiger partial charge in [-0.1, -0.05) is 6.07 Å². The highest BCUT2D eigenvalue weighted by Crippen LogP contribution is 2.07. The molecule has 26 heavy (non-hydrogen) atoms. The van der Waals surface area contributed by atoms with Crippen molar-refractivity contribution in [2.75, 3.05) is 26.2 Å². The minimum absolute atomic E-state index is 0. The fraction of sp³-hybridized carbons (Fsp3) is 0.471. The lowest BCUT2D eigenvalue weighted by Crippen LogP contribution is -2.39. The third-order valence-electron chi connectivity index (χ3n) is 3.40. The molecule has 2 aromatic rings. The molecule has 0 radical (unpaired) electrons. The van der Waals surface area contributed by atoms with Crippen LogP contribution in [0.1, 0.15) is 29.4 Å². The summed E-state index contributed by atoms with van der Waals surface area (Å²) in [5.74, 6) is 0.807. The Hall–Kier alpha value is -1.62. The normalized spacial score (nSPS) is 10.9.